The number of thioether (sulfide) groups is 1. The molecule has 1 aromatic carbocycles. The number of amides is 2. The Labute approximate surface area is 223 Å². The van der Waals surface area contributed by atoms with Crippen molar-refractivity contribution in [1.82, 2.24) is 15.5 Å². The molecule has 0 radical (unpaired) electrons. The minimum absolute atomic E-state index is 0.0678. The molecule has 0 saturated carbocycles. The first-order valence-corrected chi connectivity index (χ1v) is 13.4. The normalized spacial score (nSPS) is 20.8. The molecule has 38 heavy (non-hydrogen) atoms. The molecule has 1 aromatic rings. The second kappa shape index (κ2) is 13.3. The molecular formula is C26H33F3N4O4S. The first kappa shape index (κ1) is 29.7. The zero-order valence-electron chi connectivity index (χ0n) is 21.3. The number of hydrogen-bond donors (Lipinski definition) is 4. The van der Waals surface area contributed by atoms with Gasteiger partial charge in [-0.15, -0.1) is 11.8 Å². The number of halogens is 3. The Morgan fingerprint density at radius 2 is 1.89 bits per heavy atom. The molecule has 1 fully saturated rings. The standard InChI is InChI=1S/C26H33F3N4O4S/c1-14(2)23(26(36)37)32-18-5-3-15(4-6-18)13-31-24(35)25-33(7-8-38-25)22(34)11-17(30)9-16-10-20(28)21(29)12-19(16)27/h3-5,10,12,14,17-18,23,25,32H,6-9,11,13,30H2,1-2H3,(H,31,35)(H,36,37)/t17-,18?,23-,25+/m1/s1. The number of rotatable bonds is 11. The molecule has 1 aliphatic carbocycles. The Kier molecular flexibility index (Phi) is 10.4. The highest BCUT2D eigenvalue weighted by Crippen LogP contribution is 2.25. The molecule has 2 aliphatic rings. The molecule has 1 unspecified atom stereocenters. The van der Waals surface area contributed by atoms with Gasteiger partial charge in [-0.05, 0) is 36.0 Å². The van der Waals surface area contributed by atoms with E-state index in [4.69, 9.17) is 5.73 Å². The first-order chi connectivity index (χ1) is 18.0. The molecule has 1 saturated heterocycles. The molecule has 3 rings (SSSR count). The smallest absolute Gasteiger partial charge is 0.320 e. The lowest BCUT2D eigenvalue weighted by molar-refractivity contribution is -0.140. The Morgan fingerprint density at radius 3 is 2.53 bits per heavy atom. The van der Waals surface area contributed by atoms with E-state index in [1.165, 1.54) is 16.7 Å². The van der Waals surface area contributed by atoms with Crippen LogP contribution in [0.15, 0.2) is 35.9 Å². The minimum atomic E-state index is -1.30. The molecular weight excluding hydrogens is 521 g/mol. The number of nitrogens with zero attached hydrogens (tertiary/aromatic N) is 1. The Morgan fingerprint density at radius 1 is 1.18 bits per heavy atom. The number of hydrogen-bond acceptors (Lipinski definition) is 6. The van der Waals surface area contributed by atoms with E-state index in [-0.39, 0.29) is 48.7 Å². The molecule has 1 heterocycles. The molecule has 12 heteroatoms. The van der Waals surface area contributed by atoms with E-state index >= 15 is 0 Å². The maximum atomic E-state index is 13.9. The van der Waals surface area contributed by atoms with E-state index in [0.29, 0.717) is 24.8 Å². The number of carbonyl (C=O) groups is 3. The number of carboxylic acids is 1. The van der Waals surface area contributed by atoms with Crippen LogP contribution in [0.2, 0.25) is 0 Å². The third-order valence-electron chi connectivity index (χ3n) is 6.41. The van der Waals surface area contributed by atoms with Crippen molar-refractivity contribution in [3.8, 4) is 0 Å². The summed E-state index contributed by atoms with van der Waals surface area (Å²) in [5.41, 5.74) is 6.74. The Hall–Kier alpha value is -2.83. The molecule has 8 nitrogen and oxygen atoms in total. The summed E-state index contributed by atoms with van der Waals surface area (Å²) in [4.78, 5) is 38.5. The van der Waals surface area contributed by atoms with Crippen LogP contribution >= 0.6 is 11.8 Å². The molecule has 0 bridgehead atoms. The fourth-order valence-corrected chi connectivity index (χ4v) is 5.50. The summed E-state index contributed by atoms with van der Waals surface area (Å²) >= 11 is 1.32. The second-order valence-corrected chi connectivity index (χ2v) is 10.9. The number of benzene rings is 1. The zero-order chi connectivity index (χ0) is 28.0. The number of carboxylic acid groups (broad SMARTS) is 1. The Balaban J connectivity index is 1.48. The van der Waals surface area contributed by atoms with Crippen LogP contribution in [-0.4, -0.2) is 70.1 Å². The second-order valence-electron chi connectivity index (χ2n) is 9.76. The quantitative estimate of drug-likeness (QED) is 0.310. The molecule has 208 valence electrons. The molecule has 1 aliphatic heterocycles. The maximum Gasteiger partial charge on any atom is 0.320 e. The van der Waals surface area contributed by atoms with Gasteiger partial charge in [0.05, 0.1) is 0 Å². The van der Waals surface area contributed by atoms with Gasteiger partial charge in [-0.3, -0.25) is 19.7 Å². The van der Waals surface area contributed by atoms with Crippen molar-refractivity contribution in [2.45, 2.75) is 56.6 Å². The monoisotopic (exact) mass is 554 g/mol. The van der Waals surface area contributed by atoms with Gasteiger partial charge in [0, 0.05) is 43.4 Å². The van der Waals surface area contributed by atoms with Crippen LogP contribution in [0.5, 0.6) is 0 Å². The van der Waals surface area contributed by atoms with E-state index in [1.54, 1.807) is 0 Å². The molecule has 0 aromatic heterocycles. The fourth-order valence-electron chi connectivity index (χ4n) is 4.33. The van der Waals surface area contributed by atoms with Crippen molar-refractivity contribution in [3.63, 3.8) is 0 Å². The summed E-state index contributed by atoms with van der Waals surface area (Å²) in [7, 11) is 0. The molecule has 2 amide bonds. The maximum absolute atomic E-state index is 13.9. The van der Waals surface area contributed by atoms with Crippen LogP contribution in [0, 0.1) is 23.4 Å². The van der Waals surface area contributed by atoms with Crippen molar-refractivity contribution < 1.29 is 32.7 Å². The number of nitrogens with one attached hydrogen (secondary N) is 2. The number of carbonyl (C=O) groups excluding carboxylic acids is 2. The van der Waals surface area contributed by atoms with E-state index in [1.807, 2.05) is 32.1 Å². The van der Waals surface area contributed by atoms with Crippen LogP contribution in [0.3, 0.4) is 0 Å². The van der Waals surface area contributed by atoms with E-state index in [0.717, 1.165) is 11.6 Å². The van der Waals surface area contributed by atoms with Crippen LogP contribution < -0.4 is 16.4 Å². The number of nitrogens with two attached hydrogens (primary N) is 1. The lowest BCUT2D eigenvalue weighted by atomic mass is 9.99. The summed E-state index contributed by atoms with van der Waals surface area (Å²) in [6, 6.07) is -0.445. The van der Waals surface area contributed by atoms with Crippen molar-refractivity contribution in [1.29, 1.82) is 0 Å². The predicted molar refractivity (Wildman–Crippen MR) is 139 cm³/mol. The highest BCUT2D eigenvalue weighted by Gasteiger charge is 2.35. The van der Waals surface area contributed by atoms with Gasteiger partial charge in [0.1, 0.15) is 11.9 Å². The highest BCUT2D eigenvalue weighted by molar-refractivity contribution is 8.00. The predicted octanol–water partition coefficient (Wildman–Crippen LogP) is 2.34. The topological polar surface area (TPSA) is 125 Å². The van der Waals surface area contributed by atoms with Gasteiger partial charge < -0.3 is 21.1 Å². The Bertz CT molecular complexity index is 1110. The van der Waals surface area contributed by atoms with Gasteiger partial charge in [-0.1, -0.05) is 32.1 Å². The van der Waals surface area contributed by atoms with Gasteiger partial charge in [0.15, 0.2) is 17.0 Å². The summed E-state index contributed by atoms with van der Waals surface area (Å²) in [6.45, 7) is 4.28. The van der Waals surface area contributed by atoms with Gasteiger partial charge in [-0.2, -0.15) is 0 Å². The SMILES string of the molecule is CC(C)[C@@H](NC1C=CC(CNC(=O)[C@@H]2SCCN2C(=O)C[C@H](N)Cc2cc(F)c(F)cc2F)=CC1)C(=O)O. The van der Waals surface area contributed by atoms with E-state index in [2.05, 4.69) is 10.6 Å². The lowest BCUT2D eigenvalue weighted by Crippen LogP contribution is -2.47. The van der Waals surface area contributed by atoms with E-state index < -0.39 is 40.9 Å². The largest absolute Gasteiger partial charge is 0.480 e. The highest BCUT2D eigenvalue weighted by atomic mass is 32.2. The molecule has 5 N–H and O–H groups in total. The molecule has 4 atom stereocenters. The minimum Gasteiger partial charge on any atom is -0.480 e. The van der Waals surface area contributed by atoms with Crippen molar-refractivity contribution in [2.75, 3.05) is 18.8 Å². The summed E-state index contributed by atoms with van der Waals surface area (Å²) in [6.07, 6.45) is 5.88. The lowest BCUT2D eigenvalue weighted by Gasteiger charge is -2.26. The average molecular weight is 555 g/mol. The third kappa shape index (κ3) is 7.84. The van der Waals surface area contributed by atoms with Crippen LogP contribution in [-0.2, 0) is 20.8 Å². The van der Waals surface area contributed by atoms with Crippen molar-refractivity contribution in [3.05, 3.63) is 58.9 Å². The van der Waals surface area contributed by atoms with Crippen LogP contribution in [0.1, 0.15) is 32.3 Å². The summed E-state index contributed by atoms with van der Waals surface area (Å²) in [5, 5.41) is 14.6. The van der Waals surface area contributed by atoms with Gasteiger partial charge in [0.25, 0.3) is 5.91 Å². The van der Waals surface area contributed by atoms with Crippen LogP contribution in [0.4, 0.5) is 13.2 Å². The van der Waals surface area contributed by atoms with Crippen molar-refractivity contribution in [2.24, 2.45) is 11.7 Å². The third-order valence-corrected chi connectivity index (χ3v) is 7.62. The average Bonchev–Trinajstić information content (AvgIpc) is 3.35. The zero-order valence-corrected chi connectivity index (χ0v) is 22.1. The fraction of sp³-hybridized carbons (Fsp3) is 0.500. The van der Waals surface area contributed by atoms with E-state index in [9.17, 15) is 32.7 Å². The first-order valence-electron chi connectivity index (χ1n) is 12.4. The summed E-state index contributed by atoms with van der Waals surface area (Å²) < 4.78 is 40.5. The number of aliphatic carboxylic acids is 1. The van der Waals surface area contributed by atoms with Gasteiger partial charge in [0.2, 0.25) is 5.91 Å². The van der Waals surface area contributed by atoms with Crippen LogP contribution in [0.25, 0.3) is 0 Å². The van der Waals surface area contributed by atoms with Gasteiger partial charge in [-0.25, -0.2) is 13.2 Å². The summed E-state index contributed by atoms with van der Waals surface area (Å²) in [5.74, 6) is -4.54. The van der Waals surface area contributed by atoms with Gasteiger partial charge >= 0.3 is 5.97 Å². The molecule has 0 spiro atoms. The van der Waals surface area contributed by atoms with Crippen molar-refractivity contribution >= 4 is 29.5 Å².